The van der Waals surface area contributed by atoms with Gasteiger partial charge in [-0.15, -0.1) is 0 Å². The highest BCUT2D eigenvalue weighted by atomic mass is 16.8. The van der Waals surface area contributed by atoms with E-state index in [1.165, 1.54) is 0 Å². The Morgan fingerprint density at radius 2 is 1.21 bits per heavy atom. The number of hydrogen-bond acceptors (Lipinski definition) is 7. The fourth-order valence-electron chi connectivity index (χ4n) is 4.59. The topological polar surface area (TPSA) is 64.6 Å². The minimum atomic E-state index is -0.686. The lowest BCUT2D eigenvalue weighted by molar-refractivity contribution is -0.335. The molecule has 3 fully saturated rings. The monoisotopic (exact) mass is 462 g/mol. The molecule has 0 spiro atoms. The number of rotatable bonds is 5. The molecule has 7 atom stereocenters. The van der Waals surface area contributed by atoms with E-state index < -0.39 is 25.0 Å². The molecule has 34 heavy (non-hydrogen) atoms. The van der Waals surface area contributed by atoms with Crippen LogP contribution in [0, 0.1) is 0 Å². The summed E-state index contributed by atoms with van der Waals surface area (Å²) in [5, 5.41) is 0. The number of benzene rings is 3. The van der Waals surface area contributed by atoms with E-state index in [0.29, 0.717) is 12.4 Å². The molecule has 0 aromatic heterocycles. The van der Waals surface area contributed by atoms with Gasteiger partial charge in [-0.05, 0) is 24.3 Å². The minimum absolute atomic E-state index is 0.356. The molecule has 7 heteroatoms. The van der Waals surface area contributed by atoms with Gasteiger partial charge in [-0.3, -0.25) is 0 Å². The molecule has 3 aliphatic heterocycles. The molecule has 3 heterocycles. The van der Waals surface area contributed by atoms with Crippen molar-refractivity contribution in [1.29, 1.82) is 0 Å². The lowest BCUT2D eigenvalue weighted by Gasteiger charge is -2.45. The molecule has 0 amide bonds. The van der Waals surface area contributed by atoms with Crippen LogP contribution >= 0.6 is 0 Å². The van der Waals surface area contributed by atoms with Crippen LogP contribution in [0.15, 0.2) is 84.9 Å². The Kier molecular flexibility index (Phi) is 5.95. The summed E-state index contributed by atoms with van der Waals surface area (Å²) in [5.41, 5.74) is 1.89. The Balaban J connectivity index is 1.26. The van der Waals surface area contributed by atoms with Crippen LogP contribution in [0.1, 0.15) is 23.7 Å². The predicted molar refractivity (Wildman–Crippen MR) is 121 cm³/mol. The van der Waals surface area contributed by atoms with E-state index in [-0.39, 0.29) is 18.3 Å². The van der Waals surface area contributed by atoms with E-state index in [9.17, 15) is 0 Å². The largest absolute Gasteiger partial charge is 0.497 e. The van der Waals surface area contributed by atoms with Crippen molar-refractivity contribution >= 4 is 0 Å². The van der Waals surface area contributed by atoms with Gasteiger partial charge in [-0.2, -0.15) is 0 Å². The third-order valence-electron chi connectivity index (χ3n) is 6.30. The summed E-state index contributed by atoms with van der Waals surface area (Å²) >= 11 is 0. The van der Waals surface area contributed by atoms with Gasteiger partial charge in [0, 0.05) is 11.1 Å². The highest BCUT2D eigenvalue weighted by Crippen LogP contribution is 2.43. The summed E-state index contributed by atoms with van der Waals surface area (Å²) < 4.78 is 43.0. The molecular formula is C27H26O7. The smallest absolute Gasteiger partial charge is 0.229 e. The zero-order valence-corrected chi connectivity index (χ0v) is 18.7. The first-order valence-electron chi connectivity index (χ1n) is 11.4. The maximum Gasteiger partial charge on any atom is 0.229 e. The van der Waals surface area contributed by atoms with Gasteiger partial charge in [0.25, 0.3) is 0 Å². The molecular weight excluding hydrogens is 436 g/mol. The molecule has 0 unspecified atom stereocenters. The Hall–Kier alpha value is -2.94. The van der Waals surface area contributed by atoms with Crippen LogP contribution in [0.2, 0.25) is 0 Å². The summed E-state index contributed by atoms with van der Waals surface area (Å²) in [7, 11) is 1.63. The fraction of sp³-hybridized carbons (Fsp3) is 0.333. The lowest BCUT2D eigenvalue weighted by atomic mass is 9.98. The molecule has 0 saturated carbocycles. The van der Waals surface area contributed by atoms with Crippen LogP contribution in [-0.2, 0) is 23.7 Å². The average molecular weight is 462 g/mol. The molecule has 176 valence electrons. The second kappa shape index (κ2) is 9.37. The molecule has 0 radical (unpaired) electrons. The second-order valence-electron chi connectivity index (χ2n) is 8.46. The molecule has 0 N–H and O–H groups in total. The van der Waals surface area contributed by atoms with Crippen molar-refractivity contribution in [3.63, 3.8) is 0 Å². The first-order chi connectivity index (χ1) is 16.8. The van der Waals surface area contributed by atoms with E-state index in [2.05, 4.69) is 0 Å². The third-order valence-corrected chi connectivity index (χ3v) is 6.30. The molecule has 3 aromatic carbocycles. The number of hydrogen-bond donors (Lipinski definition) is 0. The highest BCUT2D eigenvalue weighted by molar-refractivity contribution is 5.31. The normalized spacial score (nSPS) is 32.4. The van der Waals surface area contributed by atoms with E-state index in [0.717, 1.165) is 16.9 Å². The SMILES string of the molecule is COc1ccc(O[C@H]2O[C@@H]3CO[C@H](c4ccccc4)O[C@H]3[C@@H]3O[C@@H](c4ccccc4)O[C@H]23)cc1. The van der Waals surface area contributed by atoms with Crippen molar-refractivity contribution in [2.45, 2.75) is 43.3 Å². The Morgan fingerprint density at radius 1 is 0.618 bits per heavy atom. The van der Waals surface area contributed by atoms with Crippen molar-refractivity contribution in [1.82, 2.24) is 0 Å². The zero-order chi connectivity index (χ0) is 22.9. The van der Waals surface area contributed by atoms with E-state index in [1.807, 2.05) is 84.9 Å². The summed E-state index contributed by atoms with van der Waals surface area (Å²) in [4.78, 5) is 0. The molecule has 3 aliphatic rings. The molecule has 6 rings (SSSR count). The molecule has 0 bridgehead atoms. The summed E-state index contributed by atoms with van der Waals surface area (Å²) in [6.45, 7) is 0.356. The van der Waals surface area contributed by atoms with Crippen molar-refractivity contribution in [3.8, 4) is 11.5 Å². The van der Waals surface area contributed by atoms with Gasteiger partial charge in [0.1, 0.15) is 29.8 Å². The van der Waals surface area contributed by atoms with Crippen molar-refractivity contribution in [2.75, 3.05) is 13.7 Å². The van der Waals surface area contributed by atoms with Crippen LogP contribution in [-0.4, -0.2) is 44.4 Å². The molecule has 3 saturated heterocycles. The van der Waals surface area contributed by atoms with Gasteiger partial charge in [0.2, 0.25) is 6.29 Å². The number of ether oxygens (including phenoxy) is 7. The van der Waals surface area contributed by atoms with Gasteiger partial charge in [-0.1, -0.05) is 60.7 Å². The van der Waals surface area contributed by atoms with Gasteiger partial charge in [0.05, 0.1) is 13.7 Å². The van der Waals surface area contributed by atoms with Crippen LogP contribution in [0.4, 0.5) is 0 Å². The standard InChI is InChI=1S/C27H26O7/c1-28-19-12-14-20(15-13-19)30-27-24-23(33-26(34-24)18-10-6-3-7-11-18)22-21(31-27)16-29-25(32-22)17-8-4-2-5-9-17/h2-15,21-27H,16H2,1H3/t21-,22-,23+,24+,25+,26-,27+/m1/s1. The third kappa shape index (κ3) is 4.17. The first-order valence-corrected chi connectivity index (χ1v) is 11.4. The highest BCUT2D eigenvalue weighted by Gasteiger charge is 2.57. The number of fused-ring (bicyclic) bond motifs is 3. The molecule has 3 aromatic rings. The first kappa shape index (κ1) is 21.6. The summed E-state index contributed by atoms with van der Waals surface area (Å²) in [6.07, 6.45) is -3.32. The van der Waals surface area contributed by atoms with Crippen LogP contribution in [0.5, 0.6) is 11.5 Å². The van der Waals surface area contributed by atoms with Crippen molar-refractivity contribution in [3.05, 3.63) is 96.1 Å². The lowest BCUT2D eigenvalue weighted by Crippen LogP contribution is -2.61. The summed E-state index contributed by atoms with van der Waals surface area (Å²) in [6, 6.07) is 27.1. The van der Waals surface area contributed by atoms with Gasteiger partial charge in [-0.25, -0.2) is 0 Å². The Bertz CT molecular complexity index is 1080. The van der Waals surface area contributed by atoms with Gasteiger partial charge in [0.15, 0.2) is 18.7 Å². The minimum Gasteiger partial charge on any atom is -0.497 e. The van der Waals surface area contributed by atoms with E-state index in [4.69, 9.17) is 33.2 Å². The van der Waals surface area contributed by atoms with Crippen molar-refractivity contribution in [2.24, 2.45) is 0 Å². The second-order valence-corrected chi connectivity index (χ2v) is 8.46. The average Bonchev–Trinajstić information content (AvgIpc) is 3.36. The van der Waals surface area contributed by atoms with Crippen LogP contribution in [0.25, 0.3) is 0 Å². The van der Waals surface area contributed by atoms with E-state index in [1.54, 1.807) is 7.11 Å². The fourth-order valence-corrected chi connectivity index (χ4v) is 4.59. The Labute approximate surface area is 198 Å². The number of methoxy groups -OCH3 is 1. The van der Waals surface area contributed by atoms with Crippen LogP contribution in [0.3, 0.4) is 0 Å². The quantitative estimate of drug-likeness (QED) is 0.557. The van der Waals surface area contributed by atoms with Crippen molar-refractivity contribution < 1.29 is 33.2 Å². The maximum absolute atomic E-state index is 6.43. The predicted octanol–water partition coefficient (Wildman–Crippen LogP) is 4.40. The molecule has 0 aliphatic carbocycles. The maximum atomic E-state index is 6.43. The van der Waals surface area contributed by atoms with Gasteiger partial charge >= 0.3 is 0 Å². The summed E-state index contributed by atoms with van der Waals surface area (Å²) in [5.74, 6) is 1.40. The van der Waals surface area contributed by atoms with Gasteiger partial charge < -0.3 is 33.2 Å². The molecule has 7 nitrogen and oxygen atoms in total. The Morgan fingerprint density at radius 3 is 1.88 bits per heavy atom. The van der Waals surface area contributed by atoms with E-state index >= 15 is 0 Å². The van der Waals surface area contributed by atoms with Crippen LogP contribution < -0.4 is 9.47 Å². The zero-order valence-electron chi connectivity index (χ0n) is 18.7.